The third-order valence-corrected chi connectivity index (χ3v) is 4.31. The largest absolute Gasteiger partial charge is 0.496 e. The topological polar surface area (TPSA) is 89.5 Å². The number of ether oxygens (including phenoxy) is 2. The van der Waals surface area contributed by atoms with E-state index in [1.807, 2.05) is 31.2 Å². The van der Waals surface area contributed by atoms with Crippen LogP contribution < -0.4 is 20.1 Å². The van der Waals surface area contributed by atoms with Gasteiger partial charge in [-0.2, -0.15) is 0 Å². The molecule has 0 fully saturated rings. The van der Waals surface area contributed by atoms with E-state index in [0.29, 0.717) is 24.6 Å². The molecule has 2 N–H and O–H groups in total. The molecule has 150 valence electrons. The number of nitrogens with one attached hydrogen (secondary N) is 2. The average molecular weight is 385 g/mol. The van der Waals surface area contributed by atoms with Gasteiger partial charge in [0.2, 0.25) is 17.7 Å². The lowest BCUT2D eigenvalue weighted by Gasteiger charge is -2.18. The molecule has 1 unspecified atom stereocenters. The predicted molar refractivity (Wildman–Crippen MR) is 106 cm³/mol. The van der Waals surface area contributed by atoms with E-state index in [1.54, 1.807) is 26.5 Å². The quantitative estimate of drug-likeness (QED) is 0.692. The molecule has 0 saturated heterocycles. The van der Waals surface area contributed by atoms with E-state index in [9.17, 15) is 9.59 Å². The van der Waals surface area contributed by atoms with E-state index in [1.165, 1.54) is 6.92 Å². The molecule has 0 spiro atoms. The van der Waals surface area contributed by atoms with Gasteiger partial charge >= 0.3 is 0 Å². The molecule has 1 aromatic heterocycles. The summed E-state index contributed by atoms with van der Waals surface area (Å²) in [7, 11) is 3.12. The second-order valence-corrected chi connectivity index (χ2v) is 6.51. The number of carbonyl (C=O) groups is 2. The minimum absolute atomic E-state index is 0.139. The molecule has 0 bridgehead atoms. The van der Waals surface area contributed by atoms with Crippen molar-refractivity contribution in [3.05, 3.63) is 53.2 Å². The number of carbonyl (C=O) groups excluding carboxylic acids is 2. The Hall–Kier alpha value is -3.09. The summed E-state index contributed by atoms with van der Waals surface area (Å²) in [5.74, 6) is 0.824. The van der Waals surface area contributed by atoms with E-state index in [0.717, 1.165) is 16.7 Å². The summed E-state index contributed by atoms with van der Waals surface area (Å²) in [6, 6.07) is 9.13. The lowest BCUT2D eigenvalue weighted by atomic mass is 10.0. The summed E-state index contributed by atoms with van der Waals surface area (Å²) < 4.78 is 10.4. The summed E-state index contributed by atoms with van der Waals surface area (Å²) in [5, 5.41) is 5.73. The van der Waals surface area contributed by atoms with Crippen LogP contribution in [0.4, 0.5) is 0 Å². The first-order chi connectivity index (χ1) is 13.4. The normalized spacial score (nSPS) is 11.4. The Morgan fingerprint density at radius 3 is 2.46 bits per heavy atom. The standard InChI is InChI=1S/C21H27N3O4/c1-14-5-7-16(8-6-14)18(24-15(2)25)11-20(26)22-10-9-17-13-23-21(28-4)12-19(17)27-3/h5-8,12-13,18H,9-11H2,1-4H3,(H,22,26)(H,24,25). The molecule has 1 aromatic carbocycles. The van der Waals surface area contributed by atoms with Crippen molar-refractivity contribution in [2.75, 3.05) is 20.8 Å². The molecular formula is C21H27N3O4. The van der Waals surface area contributed by atoms with E-state index in [-0.39, 0.29) is 24.3 Å². The number of aromatic nitrogens is 1. The van der Waals surface area contributed by atoms with Gasteiger partial charge in [0.15, 0.2) is 0 Å². The molecule has 0 saturated carbocycles. The Bertz CT molecular complexity index is 806. The van der Waals surface area contributed by atoms with Crippen molar-refractivity contribution in [2.24, 2.45) is 0 Å². The van der Waals surface area contributed by atoms with Crippen LogP contribution in [-0.2, 0) is 16.0 Å². The zero-order chi connectivity index (χ0) is 20.5. The number of aryl methyl sites for hydroxylation is 1. The fraction of sp³-hybridized carbons (Fsp3) is 0.381. The first-order valence-electron chi connectivity index (χ1n) is 9.10. The lowest BCUT2D eigenvalue weighted by Crippen LogP contribution is -2.33. The summed E-state index contributed by atoms with van der Waals surface area (Å²) in [6.45, 7) is 3.87. The van der Waals surface area contributed by atoms with Crippen molar-refractivity contribution >= 4 is 11.8 Å². The van der Waals surface area contributed by atoms with E-state index >= 15 is 0 Å². The van der Waals surface area contributed by atoms with Crippen LogP contribution in [0.2, 0.25) is 0 Å². The fourth-order valence-electron chi connectivity index (χ4n) is 2.83. The van der Waals surface area contributed by atoms with Gasteiger partial charge in [-0.25, -0.2) is 4.98 Å². The van der Waals surface area contributed by atoms with Gasteiger partial charge in [0, 0.05) is 31.3 Å². The lowest BCUT2D eigenvalue weighted by molar-refractivity contribution is -0.122. The average Bonchev–Trinajstić information content (AvgIpc) is 2.68. The minimum atomic E-state index is -0.365. The number of methoxy groups -OCH3 is 2. The van der Waals surface area contributed by atoms with E-state index in [2.05, 4.69) is 15.6 Å². The van der Waals surface area contributed by atoms with Gasteiger partial charge in [-0.15, -0.1) is 0 Å². The molecule has 7 nitrogen and oxygen atoms in total. The highest BCUT2D eigenvalue weighted by molar-refractivity contribution is 5.79. The molecule has 28 heavy (non-hydrogen) atoms. The SMILES string of the molecule is COc1cc(OC)c(CCNC(=O)CC(NC(C)=O)c2ccc(C)cc2)cn1. The summed E-state index contributed by atoms with van der Waals surface area (Å²) in [4.78, 5) is 28.1. The number of rotatable bonds is 9. The van der Waals surface area contributed by atoms with Crippen LogP contribution in [0.5, 0.6) is 11.6 Å². The molecule has 1 heterocycles. The molecule has 7 heteroatoms. The Labute approximate surface area is 165 Å². The molecule has 2 amide bonds. The maximum absolute atomic E-state index is 12.4. The van der Waals surface area contributed by atoms with Gasteiger partial charge in [-0.1, -0.05) is 29.8 Å². The van der Waals surface area contributed by atoms with Crippen molar-refractivity contribution in [3.63, 3.8) is 0 Å². The summed E-state index contributed by atoms with van der Waals surface area (Å²) in [5.41, 5.74) is 2.90. The summed E-state index contributed by atoms with van der Waals surface area (Å²) >= 11 is 0. The van der Waals surface area contributed by atoms with Gasteiger partial charge in [-0.05, 0) is 18.9 Å². The maximum atomic E-state index is 12.4. The Morgan fingerprint density at radius 2 is 1.86 bits per heavy atom. The number of hydrogen-bond acceptors (Lipinski definition) is 5. The summed E-state index contributed by atoms with van der Waals surface area (Å²) in [6.07, 6.45) is 2.41. The Morgan fingerprint density at radius 1 is 1.14 bits per heavy atom. The van der Waals surface area contributed by atoms with E-state index in [4.69, 9.17) is 9.47 Å². The molecule has 0 aliphatic carbocycles. The van der Waals surface area contributed by atoms with Gasteiger partial charge in [-0.3, -0.25) is 9.59 Å². The Balaban J connectivity index is 1.94. The fourth-order valence-corrected chi connectivity index (χ4v) is 2.83. The van der Waals surface area contributed by atoms with Crippen LogP contribution in [-0.4, -0.2) is 37.6 Å². The monoisotopic (exact) mass is 385 g/mol. The zero-order valence-corrected chi connectivity index (χ0v) is 16.7. The zero-order valence-electron chi connectivity index (χ0n) is 16.7. The number of pyridine rings is 1. The predicted octanol–water partition coefficient (Wildman–Crippen LogP) is 2.33. The molecule has 0 aliphatic rings. The Kier molecular flexibility index (Phi) is 7.80. The highest BCUT2D eigenvalue weighted by atomic mass is 16.5. The van der Waals surface area contributed by atoms with Crippen LogP contribution in [0.1, 0.15) is 36.1 Å². The third-order valence-electron chi connectivity index (χ3n) is 4.31. The first kappa shape index (κ1) is 21.2. The molecular weight excluding hydrogens is 358 g/mol. The number of hydrogen-bond donors (Lipinski definition) is 2. The van der Waals surface area contributed by atoms with Gasteiger partial charge in [0.25, 0.3) is 0 Å². The second kappa shape index (κ2) is 10.3. The van der Waals surface area contributed by atoms with Gasteiger partial charge in [0.05, 0.1) is 26.7 Å². The van der Waals surface area contributed by atoms with Crippen molar-refractivity contribution in [1.29, 1.82) is 0 Å². The number of nitrogens with zero attached hydrogens (tertiary/aromatic N) is 1. The number of amides is 2. The van der Waals surface area contributed by atoms with Crippen molar-refractivity contribution < 1.29 is 19.1 Å². The van der Waals surface area contributed by atoms with Crippen LogP contribution in [0.15, 0.2) is 36.5 Å². The van der Waals surface area contributed by atoms with Crippen molar-refractivity contribution in [1.82, 2.24) is 15.6 Å². The first-order valence-corrected chi connectivity index (χ1v) is 9.10. The smallest absolute Gasteiger partial charge is 0.222 e. The highest BCUT2D eigenvalue weighted by Gasteiger charge is 2.17. The second-order valence-electron chi connectivity index (χ2n) is 6.51. The van der Waals surface area contributed by atoms with Crippen LogP contribution in [0.3, 0.4) is 0 Å². The van der Waals surface area contributed by atoms with Crippen molar-refractivity contribution in [2.45, 2.75) is 32.7 Å². The third kappa shape index (κ3) is 6.26. The van der Waals surface area contributed by atoms with Crippen LogP contribution in [0, 0.1) is 6.92 Å². The minimum Gasteiger partial charge on any atom is -0.496 e. The molecule has 2 aromatic rings. The van der Waals surface area contributed by atoms with Crippen molar-refractivity contribution in [3.8, 4) is 11.6 Å². The van der Waals surface area contributed by atoms with Crippen LogP contribution in [0.25, 0.3) is 0 Å². The molecule has 2 rings (SSSR count). The van der Waals surface area contributed by atoms with Crippen LogP contribution >= 0.6 is 0 Å². The molecule has 0 aliphatic heterocycles. The molecule has 1 atom stereocenters. The van der Waals surface area contributed by atoms with Gasteiger partial charge < -0.3 is 20.1 Å². The molecule has 0 radical (unpaired) electrons. The number of benzene rings is 1. The van der Waals surface area contributed by atoms with E-state index < -0.39 is 0 Å². The highest BCUT2D eigenvalue weighted by Crippen LogP contribution is 2.22. The van der Waals surface area contributed by atoms with Gasteiger partial charge in [0.1, 0.15) is 5.75 Å². The maximum Gasteiger partial charge on any atom is 0.222 e.